The van der Waals surface area contributed by atoms with Crippen LogP contribution in [0.5, 0.6) is 0 Å². The average Bonchev–Trinajstić information content (AvgIpc) is 2.56. The van der Waals surface area contributed by atoms with Gasteiger partial charge in [-0.2, -0.15) is 0 Å². The highest BCUT2D eigenvalue weighted by atomic mass is 16.5. The summed E-state index contributed by atoms with van der Waals surface area (Å²) < 4.78 is 7.42. The standard InChI is InChI=1S/C12H10NO/c1-9-5-6-12-10(8-9)11-4-2-3-7-13(11)14-12/h2-8H,1H3/q+1. The quantitative estimate of drug-likeness (QED) is 0.490. The number of aryl methyl sites for hydroxylation is 1. The molecule has 0 N–H and O–H groups in total. The Bertz CT molecular complexity index is 610. The van der Waals surface area contributed by atoms with Crippen molar-refractivity contribution in [3.8, 4) is 0 Å². The van der Waals surface area contributed by atoms with Gasteiger partial charge in [-0.15, -0.1) is 0 Å². The van der Waals surface area contributed by atoms with Gasteiger partial charge in [0.05, 0.1) is 0 Å². The van der Waals surface area contributed by atoms with Gasteiger partial charge in [0.1, 0.15) is 5.39 Å². The second-order valence-electron chi connectivity index (χ2n) is 3.50. The van der Waals surface area contributed by atoms with Crippen molar-refractivity contribution in [3.05, 3.63) is 48.2 Å². The largest absolute Gasteiger partial charge is 0.269 e. The molecule has 0 spiro atoms. The van der Waals surface area contributed by atoms with Crippen molar-refractivity contribution in [2.75, 3.05) is 0 Å². The van der Waals surface area contributed by atoms with Crippen LogP contribution in [0.3, 0.4) is 0 Å². The summed E-state index contributed by atoms with van der Waals surface area (Å²) in [4.78, 5) is 0. The van der Waals surface area contributed by atoms with Gasteiger partial charge in [0.25, 0.3) is 5.52 Å². The molecule has 1 aromatic carbocycles. The normalized spacial score (nSPS) is 11.2. The predicted molar refractivity (Wildman–Crippen MR) is 54.1 cm³/mol. The maximum absolute atomic E-state index is 5.62. The van der Waals surface area contributed by atoms with Crippen LogP contribution in [0, 0.1) is 6.92 Å². The second-order valence-corrected chi connectivity index (χ2v) is 3.50. The van der Waals surface area contributed by atoms with Gasteiger partial charge < -0.3 is 0 Å². The lowest BCUT2D eigenvalue weighted by molar-refractivity contribution is -0.712. The van der Waals surface area contributed by atoms with E-state index in [4.69, 9.17) is 4.52 Å². The van der Waals surface area contributed by atoms with Gasteiger partial charge in [-0.05, 0) is 25.1 Å². The van der Waals surface area contributed by atoms with Crippen LogP contribution in [-0.4, -0.2) is 0 Å². The number of nitrogens with zero attached hydrogens (tertiary/aromatic N) is 1. The molecule has 3 rings (SSSR count). The first-order valence-electron chi connectivity index (χ1n) is 4.65. The molecule has 2 aromatic heterocycles. The van der Waals surface area contributed by atoms with Crippen molar-refractivity contribution in [3.63, 3.8) is 0 Å². The molecule has 0 atom stereocenters. The van der Waals surface area contributed by atoms with Gasteiger partial charge in [0.15, 0.2) is 0 Å². The van der Waals surface area contributed by atoms with Crippen LogP contribution < -0.4 is 4.57 Å². The zero-order valence-corrected chi connectivity index (χ0v) is 7.90. The monoisotopic (exact) mass is 184 g/mol. The molecule has 2 heteroatoms. The number of rotatable bonds is 0. The van der Waals surface area contributed by atoms with E-state index in [-0.39, 0.29) is 0 Å². The summed E-state index contributed by atoms with van der Waals surface area (Å²) in [6, 6.07) is 12.3. The van der Waals surface area contributed by atoms with Crippen LogP contribution in [-0.2, 0) is 0 Å². The Labute approximate surface area is 81.4 Å². The lowest BCUT2D eigenvalue weighted by atomic mass is 10.1. The number of benzene rings is 1. The first-order valence-corrected chi connectivity index (χ1v) is 4.65. The van der Waals surface area contributed by atoms with Crippen molar-refractivity contribution in [2.45, 2.75) is 6.92 Å². The van der Waals surface area contributed by atoms with E-state index >= 15 is 0 Å². The van der Waals surface area contributed by atoms with Crippen molar-refractivity contribution in [2.24, 2.45) is 0 Å². The summed E-state index contributed by atoms with van der Waals surface area (Å²) in [5, 5.41) is 1.17. The van der Waals surface area contributed by atoms with Gasteiger partial charge >= 0.3 is 0 Å². The van der Waals surface area contributed by atoms with E-state index in [0.29, 0.717) is 0 Å². The number of hydrogen-bond acceptors (Lipinski definition) is 1. The first kappa shape index (κ1) is 7.56. The fraction of sp³-hybridized carbons (Fsp3) is 0.0833. The third-order valence-electron chi connectivity index (χ3n) is 2.43. The van der Waals surface area contributed by atoms with Crippen molar-refractivity contribution < 1.29 is 9.10 Å². The summed E-state index contributed by atoms with van der Waals surface area (Å²) in [5.74, 6) is 0. The molecular weight excluding hydrogens is 174 g/mol. The highest BCUT2D eigenvalue weighted by molar-refractivity contribution is 5.90. The summed E-state index contributed by atoms with van der Waals surface area (Å²) >= 11 is 0. The maximum Gasteiger partial charge on any atom is 0.269 e. The molecule has 0 fully saturated rings. The average molecular weight is 184 g/mol. The minimum Gasteiger partial charge on any atom is -0.230 e. The van der Waals surface area contributed by atoms with Gasteiger partial charge in [0.2, 0.25) is 11.8 Å². The maximum atomic E-state index is 5.62. The molecule has 68 valence electrons. The highest BCUT2D eigenvalue weighted by Crippen LogP contribution is 2.18. The van der Waals surface area contributed by atoms with Crippen molar-refractivity contribution in [1.82, 2.24) is 0 Å². The molecule has 3 aromatic rings. The van der Waals surface area contributed by atoms with E-state index in [9.17, 15) is 0 Å². The van der Waals surface area contributed by atoms with Crippen LogP contribution in [0.1, 0.15) is 5.56 Å². The lowest BCUT2D eigenvalue weighted by Crippen LogP contribution is -2.15. The van der Waals surface area contributed by atoms with E-state index in [1.165, 1.54) is 10.9 Å². The summed E-state index contributed by atoms with van der Waals surface area (Å²) in [5.41, 5.74) is 3.30. The molecule has 0 aliphatic rings. The zero-order chi connectivity index (χ0) is 9.54. The smallest absolute Gasteiger partial charge is 0.230 e. The van der Waals surface area contributed by atoms with Crippen LogP contribution >= 0.6 is 0 Å². The molecule has 0 saturated heterocycles. The fourth-order valence-electron chi connectivity index (χ4n) is 1.75. The van der Waals surface area contributed by atoms with E-state index in [2.05, 4.69) is 25.1 Å². The Morgan fingerprint density at radius 3 is 3.00 bits per heavy atom. The Kier molecular flexibility index (Phi) is 1.39. The molecule has 0 radical (unpaired) electrons. The topological polar surface area (TPSA) is 17.2 Å². The number of pyridine rings is 1. The molecule has 0 saturated carbocycles. The Morgan fingerprint density at radius 1 is 1.14 bits per heavy atom. The Balaban J connectivity index is 2.58. The van der Waals surface area contributed by atoms with Crippen LogP contribution in [0.2, 0.25) is 0 Å². The van der Waals surface area contributed by atoms with Crippen molar-refractivity contribution >= 4 is 16.5 Å². The highest BCUT2D eigenvalue weighted by Gasteiger charge is 2.12. The van der Waals surface area contributed by atoms with Crippen LogP contribution in [0.4, 0.5) is 0 Å². The molecule has 2 heterocycles. The fourth-order valence-corrected chi connectivity index (χ4v) is 1.75. The minimum atomic E-state index is 0.932. The molecular formula is C12H10NO+. The molecule has 14 heavy (non-hydrogen) atoms. The molecule has 0 amide bonds. The predicted octanol–water partition coefficient (Wildman–Crippen LogP) is 2.48. The molecule has 0 bridgehead atoms. The van der Waals surface area contributed by atoms with Crippen LogP contribution in [0.15, 0.2) is 47.1 Å². The third kappa shape index (κ3) is 0.940. The molecule has 0 aliphatic carbocycles. The van der Waals surface area contributed by atoms with Gasteiger partial charge in [0, 0.05) is 16.7 Å². The van der Waals surface area contributed by atoms with Crippen molar-refractivity contribution in [1.29, 1.82) is 0 Å². The first-order chi connectivity index (χ1) is 6.84. The summed E-state index contributed by atoms with van der Waals surface area (Å²) in [7, 11) is 0. The van der Waals surface area contributed by atoms with E-state index in [0.717, 1.165) is 11.1 Å². The molecule has 2 nitrogen and oxygen atoms in total. The lowest BCUT2D eigenvalue weighted by Gasteiger charge is -1.86. The van der Waals surface area contributed by atoms with E-state index in [1.54, 1.807) is 4.57 Å². The van der Waals surface area contributed by atoms with Gasteiger partial charge in [-0.3, -0.25) is 0 Å². The Morgan fingerprint density at radius 2 is 2.07 bits per heavy atom. The zero-order valence-electron chi connectivity index (χ0n) is 7.90. The summed E-state index contributed by atoms with van der Waals surface area (Å²) in [6.45, 7) is 2.09. The Hall–Kier alpha value is -1.83. The number of aromatic nitrogens is 1. The van der Waals surface area contributed by atoms with E-state index < -0.39 is 0 Å². The van der Waals surface area contributed by atoms with E-state index in [1.807, 2.05) is 24.4 Å². The summed E-state index contributed by atoms with van der Waals surface area (Å²) in [6.07, 6.45) is 1.92. The third-order valence-corrected chi connectivity index (χ3v) is 2.43. The molecule has 0 unspecified atom stereocenters. The van der Waals surface area contributed by atoms with Crippen LogP contribution in [0.25, 0.3) is 16.5 Å². The second kappa shape index (κ2) is 2.58. The SMILES string of the molecule is Cc1ccc2o[n+]3ccccc3c2c1. The van der Waals surface area contributed by atoms with Gasteiger partial charge in [-0.25, -0.2) is 4.52 Å². The van der Waals surface area contributed by atoms with Gasteiger partial charge in [-0.1, -0.05) is 11.6 Å². The number of fused-ring (bicyclic) bond motifs is 3. The molecule has 0 aliphatic heterocycles. The minimum absolute atomic E-state index is 0.932. The number of hydrogen-bond donors (Lipinski definition) is 0.